The number of rotatable bonds is 3. The molecule has 0 N–H and O–H groups in total. The van der Waals surface area contributed by atoms with E-state index in [0.29, 0.717) is 17.7 Å². The molecule has 0 unspecified atom stereocenters. The largest absolute Gasteiger partial charge is 0.465 e. The van der Waals surface area contributed by atoms with Gasteiger partial charge >= 0.3 is 5.97 Å². The standard InChI is InChI=1S/C14H12FNO2/c1-18-14(17)12-6-3-7-16-13(12)9-10-4-2-5-11(15)8-10/h2-8H,9H2,1H3. The van der Waals surface area contributed by atoms with Crippen LogP contribution in [-0.4, -0.2) is 18.1 Å². The molecule has 0 bridgehead atoms. The highest BCUT2D eigenvalue weighted by molar-refractivity contribution is 5.90. The lowest BCUT2D eigenvalue weighted by molar-refractivity contribution is 0.0599. The first-order valence-corrected chi connectivity index (χ1v) is 5.47. The van der Waals surface area contributed by atoms with Crippen molar-refractivity contribution in [3.8, 4) is 0 Å². The number of carbonyl (C=O) groups excluding carboxylic acids is 1. The van der Waals surface area contributed by atoms with Crippen LogP contribution in [0.1, 0.15) is 21.6 Å². The van der Waals surface area contributed by atoms with Crippen LogP contribution < -0.4 is 0 Å². The van der Waals surface area contributed by atoms with E-state index >= 15 is 0 Å². The van der Waals surface area contributed by atoms with Crippen molar-refractivity contribution in [2.45, 2.75) is 6.42 Å². The Morgan fingerprint density at radius 1 is 1.33 bits per heavy atom. The molecular weight excluding hydrogens is 233 g/mol. The predicted octanol–water partition coefficient (Wildman–Crippen LogP) is 2.60. The molecule has 0 atom stereocenters. The van der Waals surface area contributed by atoms with Crippen LogP contribution in [0.3, 0.4) is 0 Å². The molecule has 0 saturated heterocycles. The number of benzene rings is 1. The summed E-state index contributed by atoms with van der Waals surface area (Å²) < 4.78 is 17.8. The summed E-state index contributed by atoms with van der Waals surface area (Å²) in [4.78, 5) is 15.7. The van der Waals surface area contributed by atoms with Crippen molar-refractivity contribution in [3.63, 3.8) is 0 Å². The van der Waals surface area contributed by atoms with E-state index < -0.39 is 5.97 Å². The lowest BCUT2D eigenvalue weighted by atomic mass is 10.1. The molecule has 0 aliphatic rings. The van der Waals surface area contributed by atoms with Gasteiger partial charge in [0, 0.05) is 12.6 Å². The van der Waals surface area contributed by atoms with Gasteiger partial charge in [0.2, 0.25) is 0 Å². The summed E-state index contributed by atoms with van der Waals surface area (Å²) >= 11 is 0. The fraction of sp³-hybridized carbons (Fsp3) is 0.143. The minimum atomic E-state index is -0.436. The molecule has 0 amide bonds. The lowest BCUT2D eigenvalue weighted by Crippen LogP contribution is -2.07. The quantitative estimate of drug-likeness (QED) is 0.780. The highest BCUT2D eigenvalue weighted by Gasteiger charge is 2.12. The van der Waals surface area contributed by atoms with Gasteiger partial charge in [-0.3, -0.25) is 4.98 Å². The molecule has 0 saturated carbocycles. The first-order chi connectivity index (χ1) is 8.70. The van der Waals surface area contributed by atoms with Crippen LogP contribution in [0.25, 0.3) is 0 Å². The average molecular weight is 245 g/mol. The zero-order valence-corrected chi connectivity index (χ0v) is 9.89. The van der Waals surface area contributed by atoms with Crippen LogP contribution >= 0.6 is 0 Å². The second-order valence-corrected chi connectivity index (χ2v) is 3.80. The number of hydrogen-bond acceptors (Lipinski definition) is 3. The topological polar surface area (TPSA) is 39.2 Å². The number of nitrogens with zero attached hydrogens (tertiary/aromatic N) is 1. The molecule has 4 heteroatoms. The minimum Gasteiger partial charge on any atom is -0.465 e. The van der Waals surface area contributed by atoms with Crippen molar-refractivity contribution >= 4 is 5.97 Å². The maximum Gasteiger partial charge on any atom is 0.339 e. The second kappa shape index (κ2) is 5.40. The van der Waals surface area contributed by atoms with Crippen molar-refractivity contribution in [2.24, 2.45) is 0 Å². The van der Waals surface area contributed by atoms with Gasteiger partial charge in [-0.05, 0) is 29.8 Å². The Morgan fingerprint density at radius 2 is 2.17 bits per heavy atom. The van der Waals surface area contributed by atoms with Crippen LogP contribution in [0.4, 0.5) is 4.39 Å². The molecule has 1 aromatic carbocycles. The smallest absolute Gasteiger partial charge is 0.339 e. The third-order valence-corrected chi connectivity index (χ3v) is 2.56. The Kier molecular flexibility index (Phi) is 3.67. The lowest BCUT2D eigenvalue weighted by Gasteiger charge is -2.06. The Hall–Kier alpha value is -2.23. The number of pyridine rings is 1. The highest BCUT2D eigenvalue weighted by atomic mass is 19.1. The summed E-state index contributed by atoms with van der Waals surface area (Å²) in [7, 11) is 1.32. The molecule has 92 valence electrons. The van der Waals surface area contributed by atoms with Gasteiger partial charge in [-0.1, -0.05) is 12.1 Å². The fourth-order valence-corrected chi connectivity index (χ4v) is 1.71. The highest BCUT2D eigenvalue weighted by Crippen LogP contribution is 2.13. The van der Waals surface area contributed by atoms with Gasteiger partial charge in [0.15, 0.2) is 0 Å². The van der Waals surface area contributed by atoms with E-state index in [4.69, 9.17) is 0 Å². The summed E-state index contributed by atoms with van der Waals surface area (Å²) in [6.07, 6.45) is 1.99. The van der Waals surface area contributed by atoms with Crippen molar-refractivity contribution in [3.05, 3.63) is 65.2 Å². The molecule has 0 aliphatic carbocycles. The number of aromatic nitrogens is 1. The van der Waals surface area contributed by atoms with Crippen molar-refractivity contribution in [1.82, 2.24) is 4.98 Å². The third-order valence-electron chi connectivity index (χ3n) is 2.56. The van der Waals surface area contributed by atoms with Crippen molar-refractivity contribution in [2.75, 3.05) is 7.11 Å². The summed E-state index contributed by atoms with van der Waals surface area (Å²) in [5, 5.41) is 0. The Bertz CT molecular complexity index is 569. The van der Waals surface area contributed by atoms with Gasteiger partial charge in [0.1, 0.15) is 5.82 Å². The molecule has 0 radical (unpaired) electrons. The van der Waals surface area contributed by atoms with E-state index in [9.17, 15) is 9.18 Å². The molecule has 2 rings (SSSR count). The molecule has 2 aromatic rings. The van der Waals surface area contributed by atoms with Gasteiger partial charge in [-0.15, -0.1) is 0 Å². The second-order valence-electron chi connectivity index (χ2n) is 3.80. The van der Waals surface area contributed by atoms with Crippen molar-refractivity contribution in [1.29, 1.82) is 0 Å². The normalized spacial score (nSPS) is 10.1. The van der Waals surface area contributed by atoms with Gasteiger partial charge in [-0.25, -0.2) is 9.18 Å². The van der Waals surface area contributed by atoms with E-state index in [1.807, 2.05) is 0 Å². The summed E-state index contributed by atoms with van der Waals surface area (Å²) in [6.45, 7) is 0. The zero-order valence-electron chi connectivity index (χ0n) is 9.89. The number of hydrogen-bond donors (Lipinski definition) is 0. The fourth-order valence-electron chi connectivity index (χ4n) is 1.71. The van der Waals surface area contributed by atoms with E-state index in [2.05, 4.69) is 9.72 Å². The van der Waals surface area contributed by atoms with E-state index in [1.165, 1.54) is 19.2 Å². The van der Waals surface area contributed by atoms with Crippen LogP contribution in [-0.2, 0) is 11.2 Å². The SMILES string of the molecule is COC(=O)c1cccnc1Cc1cccc(F)c1. The number of carbonyl (C=O) groups is 1. The monoisotopic (exact) mass is 245 g/mol. The molecule has 1 heterocycles. The number of ether oxygens (including phenoxy) is 1. The summed E-state index contributed by atoms with van der Waals surface area (Å²) in [5.41, 5.74) is 1.75. The van der Waals surface area contributed by atoms with Gasteiger partial charge in [-0.2, -0.15) is 0 Å². The summed E-state index contributed by atoms with van der Waals surface area (Å²) in [5.74, 6) is -0.738. The van der Waals surface area contributed by atoms with Crippen LogP contribution in [0.2, 0.25) is 0 Å². The first kappa shape index (κ1) is 12.2. The van der Waals surface area contributed by atoms with Crippen LogP contribution in [0.5, 0.6) is 0 Å². The number of methoxy groups -OCH3 is 1. The van der Waals surface area contributed by atoms with Crippen LogP contribution in [0.15, 0.2) is 42.6 Å². The van der Waals surface area contributed by atoms with E-state index in [1.54, 1.807) is 30.5 Å². The maximum absolute atomic E-state index is 13.1. The maximum atomic E-state index is 13.1. The number of esters is 1. The average Bonchev–Trinajstić information content (AvgIpc) is 2.38. The number of halogens is 1. The molecular formula is C14H12FNO2. The molecule has 18 heavy (non-hydrogen) atoms. The Labute approximate surface area is 104 Å². The summed E-state index contributed by atoms with van der Waals surface area (Å²) in [6, 6.07) is 9.54. The van der Waals surface area contributed by atoms with Gasteiger partial charge < -0.3 is 4.74 Å². The molecule has 1 aromatic heterocycles. The first-order valence-electron chi connectivity index (χ1n) is 5.47. The third kappa shape index (κ3) is 2.71. The van der Waals surface area contributed by atoms with Crippen molar-refractivity contribution < 1.29 is 13.9 Å². The molecule has 0 fully saturated rings. The molecule has 0 aliphatic heterocycles. The predicted molar refractivity (Wildman–Crippen MR) is 64.8 cm³/mol. The molecule has 0 spiro atoms. The minimum absolute atomic E-state index is 0.303. The molecule has 3 nitrogen and oxygen atoms in total. The van der Waals surface area contributed by atoms with Gasteiger partial charge in [0.05, 0.1) is 18.4 Å². The van der Waals surface area contributed by atoms with Crippen LogP contribution in [0, 0.1) is 5.82 Å². The van der Waals surface area contributed by atoms with E-state index in [-0.39, 0.29) is 5.82 Å². The Morgan fingerprint density at radius 3 is 2.89 bits per heavy atom. The van der Waals surface area contributed by atoms with E-state index in [0.717, 1.165) is 5.56 Å². The Balaban J connectivity index is 2.32. The van der Waals surface area contributed by atoms with Gasteiger partial charge in [0.25, 0.3) is 0 Å². The zero-order chi connectivity index (χ0) is 13.0.